The number of pyridine rings is 1. The number of carbonyl (C=O) groups excluding carboxylic acids is 1. The van der Waals surface area contributed by atoms with Crippen LogP contribution in [0.25, 0.3) is 33.1 Å². The summed E-state index contributed by atoms with van der Waals surface area (Å²) in [5.41, 5.74) is 10.2. The zero-order valence-corrected chi connectivity index (χ0v) is 21.9. The van der Waals surface area contributed by atoms with Gasteiger partial charge in [-0.2, -0.15) is 0 Å². The van der Waals surface area contributed by atoms with Gasteiger partial charge in [-0.05, 0) is 96.6 Å². The number of benzene rings is 2. The van der Waals surface area contributed by atoms with Gasteiger partial charge >= 0.3 is 0 Å². The van der Waals surface area contributed by atoms with E-state index in [-0.39, 0.29) is 5.91 Å². The second kappa shape index (κ2) is 9.72. The molecule has 5 nitrogen and oxygen atoms in total. The number of hydrogen-bond donors (Lipinski definition) is 3. The quantitative estimate of drug-likeness (QED) is 0.232. The normalized spacial score (nSPS) is 18.6. The number of nitrogens with two attached hydrogens (primary N) is 1. The van der Waals surface area contributed by atoms with Crippen LogP contribution >= 0.6 is 38.5 Å². The maximum Gasteiger partial charge on any atom is 0.252 e. The Morgan fingerprint density at radius 2 is 2.00 bits per heavy atom. The maximum absolute atomic E-state index is 13.4. The van der Waals surface area contributed by atoms with Gasteiger partial charge in [-0.3, -0.25) is 4.79 Å². The van der Waals surface area contributed by atoms with E-state index in [4.69, 9.17) is 10.7 Å². The van der Waals surface area contributed by atoms with E-state index in [1.807, 2.05) is 42.6 Å². The molecule has 33 heavy (non-hydrogen) atoms. The minimum Gasteiger partial charge on any atom is -0.360 e. The van der Waals surface area contributed by atoms with Crippen LogP contribution in [-0.4, -0.2) is 29.0 Å². The predicted molar refractivity (Wildman–Crippen MR) is 146 cm³/mol. The fourth-order valence-electron chi connectivity index (χ4n) is 4.97. The molecule has 4 aromatic rings. The van der Waals surface area contributed by atoms with Crippen LogP contribution in [-0.2, 0) is 0 Å². The number of halogens is 2. The van der Waals surface area contributed by atoms with Gasteiger partial charge in [0.1, 0.15) is 0 Å². The summed E-state index contributed by atoms with van der Waals surface area (Å²) in [5.74, 6) is 1.04. The van der Waals surface area contributed by atoms with Crippen molar-refractivity contribution in [1.29, 1.82) is 0 Å². The first kappa shape index (κ1) is 22.8. The second-order valence-corrected chi connectivity index (χ2v) is 11.1. The minimum absolute atomic E-state index is 0.0410. The second-order valence-electron chi connectivity index (χ2n) is 8.95. The molecule has 2 aromatic carbocycles. The smallest absolute Gasteiger partial charge is 0.252 e. The topological polar surface area (TPSA) is 83.8 Å². The van der Waals surface area contributed by atoms with Gasteiger partial charge in [0.05, 0.1) is 16.8 Å². The molecular weight excluding hydrogens is 591 g/mol. The molecule has 1 aliphatic carbocycles. The largest absolute Gasteiger partial charge is 0.360 e. The number of aromatic nitrogens is 2. The SMILES string of the molecule is NCC1CCCC(CNC(=O)c2cc(-c3c[nH]c4ccc(Br)cc34)nc3cc(I)ccc23)C1. The maximum atomic E-state index is 13.4. The molecule has 0 aliphatic heterocycles. The number of nitrogens with zero attached hydrogens (tertiary/aromatic N) is 1. The Morgan fingerprint density at radius 3 is 2.85 bits per heavy atom. The Balaban J connectivity index is 1.51. The van der Waals surface area contributed by atoms with Crippen LogP contribution < -0.4 is 11.1 Å². The molecular formula is C26H26BrIN4O. The zero-order valence-electron chi connectivity index (χ0n) is 18.2. The van der Waals surface area contributed by atoms with Gasteiger partial charge in [0.2, 0.25) is 0 Å². The van der Waals surface area contributed by atoms with Gasteiger partial charge in [-0.1, -0.05) is 28.4 Å². The molecule has 1 amide bonds. The molecule has 2 unspecified atom stereocenters. The summed E-state index contributed by atoms with van der Waals surface area (Å²) in [5, 5.41) is 5.16. The third-order valence-corrected chi connectivity index (χ3v) is 7.88. The Morgan fingerprint density at radius 1 is 1.15 bits per heavy atom. The third-order valence-electron chi connectivity index (χ3n) is 6.71. The average molecular weight is 617 g/mol. The van der Waals surface area contributed by atoms with Gasteiger partial charge in [0.25, 0.3) is 5.91 Å². The molecule has 5 rings (SSSR count). The molecule has 2 heterocycles. The number of fused-ring (bicyclic) bond motifs is 2. The molecule has 1 fully saturated rings. The lowest BCUT2D eigenvalue weighted by molar-refractivity contribution is 0.0942. The first-order chi connectivity index (χ1) is 16.0. The number of H-pyrrole nitrogens is 1. The van der Waals surface area contributed by atoms with E-state index in [1.165, 1.54) is 12.8 Å². The van der Waals surface area contributed by atoms with Crippen molar-refractivity contribution in [3.63, 3.8) is 0 Å². The molecule has 7 heteroatoms. The highest BCUT2D eigenvalue weighted by molar-refractivity contribution is 14.1. The van der Waals surface area contributed by atoms with Crippen molar-refractivity contribution >= 4 is 66.2 Å². The molecule has 0 saturated heterocycles. The molecule has 0 radical (unpaired) electrons. The van der Waals surface area contributed by atoms with Crippen LogP contribution in [0.15, 0.2) is 53.1 Å². The van der Waals surface area contributed by atoms with Crippen molar-refractivity contribution < 1.29 is 4.79 Å². The van der Waals surface area contributed by atoms with E-state index in [1.54, 1.807) is 0 Å². The van der Waals surface area contributed by atoms with Crippen LogP contribution in [0, 0.1) is 15.4 Å². The van der Waals surface area contributed by atoms with Gasteiger partial charge in [0, 0.05) is 42.6 Å². The van der Waals surface area contributed by atoms with Crippen molar-refractivity contribution in [2.24, 2.45) is 17.6 Å². The summed E-state index contributed by atoms with van der Waals surface area (Å²) in [6.07, 6.45) is 6.62. The van der Waals surface area contributed by atoms with Crippen LogP contribution in [0.2, 0.25) is 0 Å². The van der Waals surface area contributed by atoms with Gasteiger partial charge in [0.15, 0.2) is 0 Å². The van der Waals surface area contributed by atoms with E-state index in [2.05, 4.69) is 54.9 Å². The summed E-state index contributed by atoms with van der Waals surface area (Å²) in [6.45, 7) is 1.43. The molecule has 0 spiro atoms. The lowest BCUT2D eigenvalue weighted by atomic mass is 9.81. The van der Waals surface area contributed by atoms with E-state index in [0.29, 0.717) is 23.9 Å². The van der Waals surface area contributed by atoms with Crippen LogP contribution in [0.5, 0.6) is 0 Å². The van der Waals surface area contributed by atoms with Crippen LogP contribution in [0.1, 0.15) is 36.0 Å². The van der Waals surface area contributed by atoms with Crippen molar-refractivity contribution in [2.45, 2.75) is 25.7 Å². The number of carbonyl (C=O) groups is 1. The molecule has 2 aromatic heterocycles. The zero-order chi connectivity index (χ0) is 22.9. The molecule has 1 saturated carbocycles. The Labute approximate surface area is 215 Å². The van der Waals surface area contributed by atoms with E-state index in [9.17, 15) is 4.79 Å². The van der Waals surface area contributed by atoms with E-state index < -0.39 is 0 Å². The Kier molecular flexibility index (Phi) is 6.72. The van der Waals surface area contributed by atoms with E-state index in [0.717, 1.165) is 60.5 Å². The molecule has 170 valence electrons. The summed E-state index contributed by atoms with van der Waals surface area (Å²) in [4.78, 5) is 21.7. The van der Waals surface area contributed by atoms with Crippen molar-refractivity contribution in [3.8, 4) is 11.3 Å². The third kappa shape index (κ3) is 4.81. The predicted octanol–water partition coefficient (Wildman–Crippen LogP) is 6.25. The van der Waals surface area contributed by atoms with Crippen molar-refractivity contribution in [2.75, 3.05) is 13.1 Å². The number of nitrogens with one attached hydrogen (secondary N) is 2. The van der Waals surface area contributed by atoms with Crippen LogP contribution in [0.4, 0.5) is 0 Å². The van der Waals surface area contributed by atoms with E-state index >= 15 is 0 Å². The Hall–Kier alpha value is -1.97. The van der Waals surface area contributed by atoms with Crippen LogP contribution in [0.3, 0.4) is 0 Å². The van der Waals surface area contributed by atoms with Gasteiger partial charge in [-0.25, -0.2) is 4.98 Å². The highest BCUT2D eigenvalue weighted by atomic mass is 127. The fourth-order valence-corrected chi connectivity index (χ4v) is 5.80. The summed E-state index contributed by atoms with van der Waals surface area (Å²) in [7, 11) is 0. The highest BCUT2D eigenvalue weighted by Gasteiger charge is 2.22. The number of aromatic amines is 1. The molecule has 1 aliphatic rings. The number of hydrogen-bond acceptors (Lipinski definition) is 3. The van der Waals surface area contributed by atoms with Crippen molar-refractivity contribution in [1.82, 2.24) is 15.3 Å². The fraction of sp³-hybridized carbons (Fsp3) is 0.308. The molecule has 0 bridgehead atoms. The lowest BCUT2D eigenvalue weighted by Crippen LogP contribution is -2.33. The summed E-state index contributed by atoms with van der Waals surface area (Å²) >= 11 is 5.86. The monoisotopic (exact) mass is 616 g/mol. The first-order valence-corrected chi connectivity index (χ1v) is 13.2. The summed E-state index contributed by atoms with van der Waals surface area (Å²) < 4.78 is 2.10. The molecule has 4 N–H and O–H groups in total. The number of rotatable bonds is 5. The van der Waals surface area contributed by atoms with Gasteiger partial charge < -0.3 is 16.0 Å². The summed E-state index contributed by atoms with van der Waals surface area (Å²) in [6, 6.07) is 14.1. The molecule has 2 atom stereocenters. The Bertz CT molecular complexity index is 1330. The minimum atomic E-state index is -0.0410. The highest BCUT2D eigenvalue weighted by Crippen LogP contribution is 2.33. The number of amides is 1. The first-order valence-electron chi connectivity index (χ1n) is 11.4. The van der Waals surface area contributed by atoms with Crippen molar-refractivity contribution in [3.05, 3.63) is 62.3 Å². The van der Waals surface area contributed by atoms with Gasteiger partial charge in [-0.15, -0.1) is 0 Å². The average Bonchev–Trinajstić information content (AvgIpc) is 3.24. The lowest BCUT2D eigenvalue weighted by Gasteiger charge is -2.28. The standard InChI is InChI=1S/C26H26BrIN4O/c27-17-4-7-23-20(9-17)22(14-30-23)25-11-21(19-6-5-18(28)10-24(19)32-25)26(33)31-13-16-3-1-2-15(8-16)12-29/h4-7,9-11,14-16,30H,1-3,8,12-13,29H2,(H,31,33).